The summed E-state index contributed by atoms with van der Waals surface area (Å²) < 4.78 is 15.2. The highest BCUT2D eigenvalue weighted by molar-refractivity contribution is 14.1. The zero-order valence-electron chi connectivity index (χ0n) is 8.68. The normalized spacial score (nSPS) is 10.3. The average molecular weight is 407 g/mol. The Hall–Kier alpha value is -0.820. The van der Waals surface area contributed by atoms with Crippen LogP contribution >= 0.6 is 38.5 Å². The van der Waals surface area contributed by atoms with Gasteiger partial charge in [0, 0.05) is 19.4 Å². The van der Waals surface area contributed by atoms with Gasteiger partial charge >= 0.3 is 0 Å². The van der Waals surface area contributed by atoms with Crippen LogP contribution in [0.25, 0.3) is 0 Å². The topological polar surface area (TPSA) is 38.0 Å². The lowest BCUT2D eigenvalue weighted by Crippen LogP contribution is -1.95. The Bertz CT molecular complexity index is 540. The molecule has 17 heavy (non-hydrogen) atoms. The predicted octanol–water partition coefficient (Wildman–Crippen LogP) is 4.52. The van der Waals surface area contributed by atoms with Gasteiger partial charge in [0.25, 0.3) is 0 Å². The van der Waals surface area contributed by atoms with E-state index in [4.69, 9.17) is 5.73 Å². The molecule has 2 rings (SSSR count). The summed E-state index contributed by atoms with van der Waals surface area (Å²) >= 11 is 5.68. The van der Waals surface area contributed by atoms with Crippen molar-refractivity contribution >= 4 is 55.6 Å². The van der Waals surface area contributed by atoms with Gasteiger partial charge in [-0.05, 0) is 74.9 Å². The summed E-state index contributed by atoms with van der Waals surface area (Å²) in [5.74, 6) is -0.353. The number of hydrogen-bond acceptors (Lipinski definition) is 2. The molecule has 0 fully saturated rings. The number of nitrogens with one attached hydrogen (secondary N) is 1. The minimum atomic E-state index is -0.353. The van der Waals surface area contributed by atoms with Gasteiger partial charge in [0.05, 0.1) is 5.69 Å². The predicted molar refractivity (Wildman–Crippen MR) is 81.0 cm³/mol. The molecule has 2 aromatic carbocycles. The van der Waals surface area contributed by atoms with Crippen LogP contribution in [0.4, 0.5) is 21.5 Å². The van der Waals surface area contributed by atoms with E-state index in [-0.39, 0.29) is 5.82 Å². The highest BCUT2D eigenvalue weighted by Gasteiger charge is 2.03. The lowest BCUT2D eigenvalue weighted by molar-refractivity contribution is 0.629. The Morgan fingerprint density at radius 3 is 2.59 bits per heavy atom. The number of nitrogen functional groups attached to an aromatic ring is 1. The number of anilines is 3. The van der Waals surface area contributed by atoms with Crippen LogP contribution in [-0.4, -0.2) is 0 Å². The molecule has 0 saturated carbocycles. The van der Waals surface area contributed by atoms with Crippen LogP contribution in [0.5, 0.6) is 0 Å². The van der Waals surface area contributed by atoms with Crippen LogP contribution in [0.3, 0.4) is 0 Å². The molecule has 88 valence electrons. The van der Waals surface area contributed by atoms with Gasteiger partial charge in [0.1, 0.15) is 5.82 Å². The molecule has 0 aliphatic heterocycles. The first-order chi connectivity index (χ1) is 8.04. The van der Waals surface area contributed by atoms with Crippen LogP contribution in [0, 0.1) is 9.39 Å². The molecule has 0 aromatic heterocycles. The number of hydrogen-bond donors (Lipinski definition) is 2. The first-order valence-corrected chi connectivity index (χ1v) is 6.70. The first kappa shape index (κ1) is 12.6. The summed E-state index contributed by atoms with van der Waals surface area (Å²) in [4.78, 5) is 0. The maximum atomic E-state index is 13.2. The van der Waals surface area contributed by atoms with E-state index in [1.54, 1.807) is 6.07 Å². The highest BCUT2D eigenvalue weighted by Crippen LogP contribution is 2.28. The Morgan fingerprint density at radius 1 is 1.18 bits per heavy atom. The van der Waals surface area contributed by atoms with E-state index in [9.17, 15) is 4.39 Å². The van der Waals surface area contributed by atoms with Crippen LogP contribution < -0.4 is 11.1 Å². The van der Waals surface area contributed by atoms with Gasteiger partial charge in [-0.1, -0.05) is 0 Å². The summed E-state index contributed by atoms with van der Waals surface area (Å²) in [6.45, 7) is 0. The number of rotatable bonds is 2. The summed E-state index contributed by atoms with van der Waals surface area (Å²) in [7, 11) is 0. The van der Waals surface area contributed by atoms with Crippen molar-refractivity contribution in [2.24, 2.45) is 0 Å². The van der Waals surface area contributed by atoms with Crippen LogP contribution in [0.1, 0.15) is 0 Å². The lowest BCUT2D eigenvalue weighted by atomic mass is 10.2. The lowest BCUT2D eigenvalue weighted by Gasteiger charge is -2.09. The molecule has 0 aliphatic carbocycles. The van der Waals surface area contributed by atoms with Crippen molar-refractivity contribution in [1.82, 2.24) is 0 Å². The van der Waals surface area contributed by atoms with Crippen LogP contribution in [0.15, 0.2) is 40.9 Å². The third-order valence-corrected chi connectivity index (χ3v) is 3.46. The van der Waals surface area contributed by atoms with Gasteiger partial charge in [-0.2, -0.15) is 0 Å². The van der Waals surface area contributed by atoms with E-state index < -0.39 is 0 Å². The molecule has 0 radical (unpaired) electrons. The Balaban J connectivity index is 2.31. The second-order valence-electron chi connectivity index (χ2n) is 3.52. The van der Waals surface area contributed by atoms with Crippen molar-refractivity contribution in [2.45, 2.75) is 0 Å². The van der Waals surface area contributed by atoms with Crippen molar-refractivity contribution in [2.75, 3.05) is 11.1 Å². The maximum absolute atomic E-state index is 13.2. The van der Waals surface area contributed by atoms with Crippen molar-refractivity contribution in [3.05, 3.63) is 50.3 Å². The molecule has 0 saturated heterocycles. The molecule has 0 spiro atoms. The summed E-state index contributed by atoms with van der Waals surface area (Å²) in [5, 5.41) is 3.11. The van der Waals surface area contributed by atoms with Crippen molar-refractivity contribution in [1.29, 1.82) is 0 Å². The third kappa shape index (κ3) is 3.32. The maximum Gasteiger partial charge on any atom is 0.127 e. The molecule has 0 bridgehead atoms. The molecule has 2 nitrogen and oxygen atoms in total. The highest BCUT2D eigenvalue weighted by atomic mass is 127. The van der Waals surface area contributed by atoms with E-state index >= 15 is 0 Å². The average Bonchev–Trinajstić information content (AvgIpc) is 2.21. The number of benzene rings is 2. The fraction of sp³-hybridized carbons (Fsp3) is 0. The number of nitrogens with two attached hydrogens (primary N) is 1. The molecule has 2 aromatic rings. The largest absolute Gasteiger partial charge is 0.399 e. The molecule has 0 unspecified atom stereocenters. The second-order valence-corrected chi connectivity index (χ2v) is 5.62. The van der Waals surface area contributed by atoms with Gasteiger partial charge in [0.15, 0.2) is 0 Å². The van der Waals surface area contributed by atoms with E-state index in [0.29, 0.717) is 11.4 Å². The van der Waals surface area contributed by atoms with E-state index in [1.807, 2.05) is 18.2 Å². The second kappa shape index (κ2) is 5.22. The van der Waals surface area contributed by atoms with Gasteiger partial charge in [-0.25, -0.2) is 4.39 Å². The summed E-state index contributed by atoms with van der Waals surface area (Å²) in [6, 6.07) is 10.2. The van der Waals surface area contributed by atoms with E-state index in [0.717, 1.165) is 13.7 Å². The van der Waals surface area contributed by atoms with Gasteiger partial charge in [0.2, 0.25) is 0 Å². The molecule has 3 N–H and O–H groups in total. The van der Waals surface area contributed by atoms with E-state index in [2.05, 4.69) is 43.8 Å². The van der Waals surface area contributed by atoms with Gasteiger partial charge in [-0.3, -0.25) is 0 Å². The Kier molecular flexibility index (Phi) is 3.88. The SMILES string of the molecule is Nc1cc(F)cc(Nc2ccc(I)cc2Br)c1. The first-order valence-electron chi connectivity index (χ1n) is 4.83. The molecule has 0 atom stereocenters. The van der Waals surface area contributed by atoms with Crippen molar-refractivity contribution in [3.63, 3.8) is 0 Å². The smallest absolute Gasteiger partial charge is 0.127 e. The summed E-state index contributed by atoms with van der Waals surface area (Å²) in [5.41, 5.74) is 7.48. The van der Waals surface area contributed by atoms with Gasteiger partial charge in [-0.15, -0.1) is 0 Å². The van der Waals surface area contributed by atoms with Crippen molar-refractivity contribution < 1.29 is 4.39 Å². The van der Waals surface area contributed by atoms with Crippen molar-refractivity contribution in [3.8, 4) is 0 Å². The van der Waals surface area contributed by atoms with E-state index in [1.165, 1.54) is 12.1 Å². The molecular weight excluding hydrogens is 398 g/mol. The fourth-order valence-corrected chi connectivity index (χ4v) is 2.83. The zero-order chi connectivity index (χ0) is 12.4. The fourth-order valence-electron chi connectivity index (χ4n) is 1.43. The molecule has 0 amide bonds. The van der Waals surface area contributed by atoms with Crippen LogP contribution in [-0.2, 0) is 0 Å². The summed E-state index contributed by atoms with van der Waals surface area (Å²) in [6.07, 6.45) is 0. The quantitative estimate of drug-likeness (QED) is 0.568. The minimum Gasteiger partial charge on any atom is -0.399 e. The monoisotopic (exact) mass is 406 g/mol. The molecular formula is C12H9BrFIN2. The number of halogens is 3. The molecule has 0 heterocycles. The van der Waals surface area contributed by atoms with Crippen LogP contribution in [0.2, 0.25) is 0 Å². The third-order valence-electron chi connectivity index (χ3n) is 2.13. The van der Waals surface area contributed by atoms with Gasteiger partial charge < -0.3 is 11.1 Å². The standard InChI is InChI=1S/C12H9BrFIN2/c13-11-5-8(15)1-2-12(11)17-10-4-7(14)3-9(16)6-10/h1-6,17H,16H2. The molecule has 0 aliphatic rings. The Morgan fingerprint density at radius 2 is 1.94 bits per heavy atom. The Labute approximate surface area is 121 Å². The zero-order valence-corrected chi connectivity index (χ0v) is 12.4. The minimum absolute atomic E-state index is 0.353. The molecule has 5 heteroatoms.